The van der Waals surface area contributed by atoms with Gasteiger partial charge in [-0.05, 0) is 185 Å². The average molecular weight is 1690 g/mol. The predicted molar refractivity (Wildman–Crippen MR) is 470 cm³/mol. The summed E-state index contributed by atoms with van der Waals surface area (Å²) in [6, 6.07) is 62.4. The van der Waals surface area contributed by atoms with Gasteiger partial charge >= 0.3 is 0 Å². The number of halogens is 3. The molecule has 0 fully saturated rings. The van der Waals surface area contributed by atoms with Crippen molar-refractivity contribution in [1.82, 2.24) is 0 Å². The molecule has 0 N–H and O–H groups in total. The summed E-state index contributed by atoms with van der Waals surface area (Å²) < 4.78 is 91.6. The maximum atomic E-state index is 14.7. The number of hydrogen-bond donors (Lipinski definition) is 0. The van der Waals surface area contributed by atoms with Gasteiger partial charge in [-0.3, -0.25) is 40.5 Å². The van der Waals surface area contributed by atoms with E-state index in [1.807, 2.05) is 122 Å². The van der Waals surface area contributed by atoms with Crippen LogP contribution in [-0.2, 0) is 47.8 Å². The molecule has 8 aliphatic rings. The monoisotopic (exact) mass is 1690 g/mol. The molecule has 27 heteroatoms. The molecule has 0 radical (unpaired) electrons. The molecule has 4 atom stereocenters. The minimum absolute atomic E-state index is 0.0630. The van der Waals surface area contributed by atoms with Crippen molar-refractivity contribution >= 4 is 69.8 Å². The van der Waals surface area contributed by atoms with Gasteiger partial charge in [0.15, 0.2) is 46.0 Å². The molecule has 125 heavy (non-hydrogen) atoms. The number of fused-ring (bicyclic) bond motifs is 8. The topological polar surface area (TPSA) is 259 Å². The zero-order valence-corrected chi connectivity index (χ0v) is 70.4. The van der Waals surface area contributed by atoms with Crippen LogP contribution in [0.2, 0.25) is 0 Å². The summed E-state index contributed by atoms with van der Waals surface area (Å²) >= 11 is 0. The Balaban J connectivity index is 0.000000141. The highest BCUT2D eigenvalue weighted by Gasteiger charge is 2.64. The Morgan fingerprint density at radius 3 is 0.800 bits per heavy atom. The van der Waals surface area contributed by atoms with Crippen molar-refractivity contribution in [2.24, 2.45) is 0 Å². The van der Waals surface area contributed by atoms with Crippen LogP contribution in [0.5, 0.6) is 46.0 Å². The first-order valence-electron chi connectivity index (χ1n) is 40.4. The molecule has 0 amide bonds. The van der Waals surface area contributed by atoms with Crippen molar-refractivity contribution in [3.63, 3.8) is 0 Å². The van der Waals surface area contributed by atoms with Crippen molar-refractivity contribution in [3.8, 4) is 46.0 Å². The van der Waals surface area contributed by atoms with Gasteiger partial charge in [0.2, 0.25) is 22.9 Å². The van der Waals surface area contributed by atoms with E-state index in [4.69, 9.17) is 37.9 Å². The fourth-order valence-electron chi connectivity index (χ4n) is 19.2. The van der Waals surface area contributed by atoms with Gasteiger partial charge < -0.3 is 57.5 Å². The molecule has 636 valence electrons. The van der Waals surface area contributed by atoms with Crippen molar-refractivity contribution in [1.29, 1.82) is 0 Å². The van der Waals surface area contributed by atoms with Crippen molar-refractivity contribution in [3.05, 3.63) is 361 Å². The molecule has 11 aromatic rings. The maximum absolute atomic E-state index is 14.7. The SMILES string of the molecule is COc1cc([N+](=O)[O-])cc2c1OC1(C=C2)N(Cc2ccc(CN3c4ccccc4C(C)(C)C34C=Cc3cc([N+](=O)[O-])cc(OC)c3O4)cc2)c2ccccc2C1(C)C.COc1cc([N+](=O)[O-])cc2c1OC1(C=C2)N(Cc2ccc(F)cc2)c2ccccc2C1(C)C.COc1cc([N+](=O)[O-])cc2c1OC1(C=C2)N(Cc2ccc(F)cc2F)c2ccccc2C1(C)C. The van der Waals surface area contributed by atoms with Crippen LogP contribution >= 0.6 is 0 Å². The Morgan fingerprint density at radius 1 is 0.312 bits per heavy atom. The fraction of sp³-hybridized carbons (Fsp3) is 0.245. The highest BCUT2D eigenvalue weighted by atomic mass is 19.1. The quantitative estimate of drug-likeness (QED) is 0.0643. The summed E-state index contributed by atoms with van der Waals surface area (Å²) in [6.45, 7) is 18.5. The van der Waals surface area contributed by atoms with Gasteiger partial charge in [0, 0.05) is 107 Å². The predicted octanol–water partition coefficient (Wildman–Crippen LogP) is 21.5. The van der Waals surface area contributed by atoms with Crippen LogP contribution in [0.15, 0.2) is 237 Å². The number of nitro benzene ring substituents is 4. The first kappa shape index (κ1) is 82.7. The van der Waals surface area contributed by atoms with Gasteiger partial charge in [-0.1, -0.05) is 115 Å². The molecule has 4 spiro atoms. The molecule has 0 aromatic heterocycles. The average Bonchev–Trinajstić information content (AvgIpc) is 1.56. The molecule has 19 rings (SSSR count). The van der Waals surface area contributed by atoms with E-state index < -0.39 is 75.9 Å². The fourth-order valence-corrected chi connectivity index (χ4v) is 19.2. The lowest BCUT2D eigenvalue weighted by molar-refractivity contribution is -0.385. The van der Waals surface area contributed by atoms with Crippen LogP contribution in [0.1, 0.15) is 122 Å². The van der Waals surface area contributed by atoms with Crippen LogP contribution in [0.25, 0.3) is 24.3 Å². The normalized spacial score (nSPS) is 20.3. The Morgan fingerprint density at radius 2 is 0.552 bits per heavy atom. The van der Waals surface area contributed by atoms with Crippen molar-refractivity contribution in [2.75, 3.05) is 48.0 Å². The summed E-state index contributed by atoms with van der Waals surface area (Å²) in [5.41, 5.74) is 7.42. The molecule has 0 saturated carbocycles. The zero-order chi connectivity index (χ0) is 88.4. The second-order valence-corrected chi connectivity index (χ2v) is 33.9. The van der Waals surface area contributed by atoms with Crippen LogP contribution in [0, 0.1) is 57.9 Å². The van der Waals surface area contributed by atoms with Crippen LogP contribution in [0.4, 0.5) is 58.7 Å². The van der Waals surface area contributed by atoms with Crippen LogP contribution in [0.3, 0.4) is 0 Å². The van der Waals surface area contributed by atoms with Gasteiger partial charge in [-0.2, -0.15) is 0 Å². The molecule has 0 bridgehead atoms. The lowest BCUT2D eigenvalue weighted by atomic mass is 9.76. The first-order valence-corrected chi connectivity index (χ1v) is 40.4. The van der Waals surface area contributed by atoms with Crippen LogP contribution < -0.4 is 57.5 Å². The van der Waals surface area contributed by atoms with E-state index in [2.05, 4.69) is 117 Å². The molecule has 24 nitrogen and oxygen atoms in total. The number of para-hydroxylation sites is 4. The van der Waals surface area contributed by atoms with E-state index in [0.29, 0.717) is 87.7 Å². The summed E-state index contributed by atoms with van der Waals surface area (Å²) in [5.74, 6) is 1.28. The van der Waals surface area contributed by atoms with E-state index in [1.54, 1.807) is 18.2 Å². The minimum atomic E-state index is -1.10. The number of ether oxygens (including phenoxy) is 8. The lowest BCUT2D eigenvalue weighted by Crippen LogP contribution is -2.59. The lowest BCUT2D eigenvalue weighted by Gasteiger charge is -2.47. The number of nitro groups is 4. The van der Waals surface area contributed by atoms with Gasteiger partial charge in [0.05, 0.1) is 94.1 Å². The standard InChI is InChI=1S/C46H42N4O8.C26H22F2N2O4.C26H23FN2O4/c1-43(2)35-11-7-9-13-37(35)47(45(43)21-19-31-23-33(49(51)52)25-39(55-5)41(31)57-45)27-29-15-17-30(18-16-29)28-48-38-14-10-8-12-36(38)44(3,4)46(48)22-20-32-24-34(50(53)54)26-40(56-6)42(32)58-46;1-25(2)20-6-4-5-7-22(20)29(15-17-8-9-18(27)13-21(17)28)26(25)11-10-16-12-19(30(31)32)14-23(33-3)24(16)34-26;1-25(2)21-6-4-5-7-22(21)28(16-17-8-10-19(27)11-9-17)26(25)13-12-18-14-20(29(30)31)15-23(32-3)24(18)33-26/h7-26H,27-28H2,1-6H3;4-14H,15H2,1-3H3;4-15H,16H2,1-3H3. The molecule has 8 heterocycles. The van der Waals surface area contributed by atoms with E-state index in [-0.39, 0.29) is 40.9 Å². The summed E-state index contributed by atoms with van der Waals surface area (Å²) in [4.78, 5) is 53.1. The molecule has 0 aliphatic carbocycles. The Bertz CT molecular complexity index is 6230. The molecule has 8 aliphatic heterocycles. The number of non-ortho nitro benzene ring substituents is 4. The molecular weight excluding hydrogens is 1600 g/mol. The van der Waals surface area contributed by atoms with Crippen LogP contribution in [-0.4, -0.2) is 71.0 Å². The van der Waals surface area contributed by atoms with Crippen molar-refractivity contribution < 1.29 is 70.8 Å². The Labute approximate surface area is 718 Å². The largest absolute Gasteiger partial charge is 0.493 e. The molecule has 0 saturated heterocycles. The van der Waals surface area contributed by atoms with Gasteiger partial charge in [-0.15, -0.1) is 0 Å². The number of methoxy groups -OCH3 is 4. The Hall–Kier alpha value is -14.6. The number of benzene rings is 11. The highest BCUT2D eigenvalue weighted by molar-refractivity contribution is 5.81. The number of hydrogen-bond acceptors (Lipinski definition) is 20. The maximum Gasteiger partial charge on any atom is 0.274 e. The summed E-state index contributed by atoms with van der Waals surface area (Å²) in [5, 5.41) is 46.2. The smallest absolute Gasteiger partial charge is 0.274 e. The minimum Gasteiger partial charge on any atom is -0.493 e. The second kappa shape index (κ2) is 30.5. The van der Waals surface area contributed by atoms with Gasteiger partial charge in [0.1, 0.15) is 17.5 Å². The van der Waals surface area contributed by atoms with Crippen molar-refractivity contribution in [2.45, 2.75) is 126 Å². The molecule has 4 unspecified atom stereocenters. The third-order valence-corrected chi connectivity index (χ3v) is 25.9. The highest BCUT2D eigenvalue weighted by Crippen LogP contribution is 2.63. The third-order valence-electron chi connectivity index (χ3n) is 25.9. The first-order chi connectivity index (χ1) is 59.7. The van der Waals surface area contributed by atoms with Gasteiger partial charge in [-0.25, -0.2) is 13.2 Å². The third kappa shape index (κ3) is 13.1. The molecule has 11 aromatic carbocycles. The van der Waals surface area contributed by atoms with E-state index in [0.717, 1.165) is 67.8 Å². The summed E-state index contributed by atoms with van der Waals surface area (Å²) in [6.07, 6.45) is 15.3. The van der Waals surface area contributed by atoms with E-state index in [9.17, 15) is 53.6 Å². The summed E-state index contributed by atoms with van der Waals surface area (Å²) in [7, 11) is 5.88. The van der Waals surface area contributed by atoms with Gasteiger partial charge in [0.25, 0.3) is 22.7 Å². The molecular formula is C98H87F3N8O16. The van der Waals surface area contributed by atoms with E-state index >= 15 is 0 Å². The zero-order valence-electron chi connectivity index (χ0n) is 70.4. The number of anilines is 4. The Kier molecular flexibility index (Phi) is 20.1. The second-order valence-electron chi connectivity index (χ2n) is 33.9. The van der Waals surface area contributed by atoms with E-state index in [1.165, 1.54) is 101 Å². The number of nitrogens with zero attached hydrogens (tertiary/aromatic N) is 8. The number of rotatable bonds is 16.